The number of hydrogen-bond donors (Lipinski definition) is 0. The third kappa shape index (κ3) is 3.92. The Morgan fingerprint density at radius 3 is 2.22 bits per heavy atom. The number of hydrogen-bond acceptors (Lipinski definition) is 2. The first-order chi connectivity index (χ1) is 11.1. The van der Waals surface area contributed by atoms with Crippen molar-refractivity contribution < 1.29 is 9.53 Å². The minimum atomic E-state index is 0.128. The molecule has 1 saturated heterocycles. The fraction of sp³-hybridized carbons (Fsp3) is 0.350. The fourth-order valence-corrected chi connectivity index (χ4v) is 3.12. The first kappa shape index (κ1) is 15.6. The van der Waals surface area contributed by atoms with Gasteiger partial charge in [0.1, 0.15) is 12.4 Å². The SMILES string of the molecule is Cc1cc(C)cc(COc2ccc(C(=O)N3CCCC3)cc2)c1. The maximum atomic E-state index is 12.3. The highest BCUT2D eigenvalue weighted by atomic mass is 16.5. The van der Waals surface area contributed by atoms with Gasteiger partial charge in [-0.1, -0.05) is 29.3 Å². The van der Waals surface area contributed by atoms with Crippen molar-refractivity contribution in [3.05, 3.63) is 64.7 Å². The van der Waals surface area contributed by atoms with E-state index in [9.17, 15) is 4.79 Å². The number of rotatable bonds is 4. The zero-order valence-corrected chi connectivity index (χ0v) is 13.8. The van der Waals surface area contributed by atoms with Crippen LogP contribution in [0.3, 0.4) is 0 Å². The summed E-state index contributed by atoms with van der Waals surface area (Å²) in [5.41, 5.74) is 4.40. The molecule has 0 bridgehead atoms. The van der Waals surface area contributed by atoms with Crippen LogP contribution in [0.4, 0.5) is 0 Å². The molecule has 23 heavy (non-hydrogen) atoms. The molecule has 1 aliphatic rings. The fourth-order valence-electron chi connectivity index (χ4n) is 3.12. The van der Waals surface area contributed by atoms with Gasteiger partial charge in [-0.3, -0.25) is 4.79 Å². The van der Waals surface area contributed by atoms with E-state index >= 15 is 0 Å². The van der Waals surface area contributed by atoms with Gasteiger partial charge in [-0.05, 0) is 56.5 Å². The van der Waals surface area contributed by atoms with E-state index in [0.29, 0.717) is 6.61 Å². The maximum Gasteiger partial charge on any atom is 0.253 e. The summed E-state index contributed by atoms with van der Waals surface area (Å²) in [6.45, 7) is 6.49. The number of benzene rings is 2. The van der Waals surface area contributed by atoms with Gasteiger partial charge in [-0.15, -0.1) is 0 Å². The predicted octanol–water partition coefficient (Wildman–Crippen LogP) is 4.12. The summed E-state index contributed by atoms with van der Waals surface area (Å²) < 4.78 is 5.84. The number of carbonyl (C=O) groups excluding carboxylic acids is 1. The molecule has 2 aromatic rings. The van der Waals surface area contributed by atoms with Crippen molar-refractivity contribution >= 4 is 5.91 Å². The van der Waals surface area contributed by atoms with Gasteiger partial charge in [-0.25, -0.2) is 0 Å². The van der Waals surface area contributed by atoms with Gasteiger partial charge >= 0.3 is 0 Å². The van der Waals surface area contributed by atoms with E-state index in [1.165, 1.54) is 16.7 Å². The van der Waals surface area contributed by atoms with Crippen LogP contribution in [-0.4, -0.2) is 23.9 Å². The van der Waals surface area contributed by atoms with Crippen molar-refractivity contribution in [2.75, 3.05) is 13.1 Å². The number of ether oxygens (including phenoxy) is 1. The Balaban J connectivity index is 1.62. The van der Waals surface area contributed by atoms with Gasteiger partial charge in [0.2, 0.25) is 0 Å². The Labute approximate surface area is 137 Å². The molecule has 0 aromatic heterocycles. The second-order valence-corrected chi connectivity index (χ2v) is 6.31. The third-order valence-electron chi connectivity index (χ3n) is 4.18. The standard InChI is InChI=1S/C20H23NO2/c1-15-11-16(2)13-17(12-15)14-23-19-7-5-18(6-8-19)20(22)21-9-3-4-10-21/h5-8,11-13H,3-4,9-10,14H2,1-2H3. The molecule has 0 radical (unpaired) electrons. The summed E-state index contributed by atoms with van der Waals surface area (Å²) in [5, 5.41) is 0. The molecule has 3 nitrogen and oxygen atoms in total. The first-order valence-corrected chi connectivity index (χ1v) is 8.21. The lowest BCUT2D eigenvalue weighted by Crippen LogP contribution is -2.27. The molecule has 1 aliphatic heterocycles. The second-order valence-electron chi connectivity index (χ2n) is 6.31. The molecule has 1 heterocycles. The molecule has 0 saturated carbocycles. The van der Waals surface area contributed by atoms with E-state index in [1.54, 1.807) is 0 Å². The van der Waals surface area contributed by atoms with Crippen LogP contribution in [-0.2, 0) is 6.61 Å². The Hall–Kier alpha value is -2.29. The van der Waals surface area contributed by atoms with E-state index < -0.39 is 0 Å². The van der Waals surface area contributed by atoms with E-state index in [-0.39, 0.29) is 5.91 Å². The van der Waals surface area contributed by atoms with Crippen molar-refractivity contribution in [1.29, 1.82) is 0 Å². The average molecular weight is 309 g/mol. The zero-order chi connectivity index (χ0) is 16.2. The Bertz CT molecular complexity index is 665. The van der Waals surface area contributed by atoms with Crippen LogP contribution in [0.5, 0.6) is 5.75 Å². The second kappa shape index (κ2) is 6.86. The topological polar surface area (TPSA) is 29.5 Å². The van der Waals surface area contributed by atoms with Crippen LogP contribution < -0.4 is 4.74 Å². The molecule has 0 N–H and O–H groups in total. The Morgan fingerprint density at radius 2 is 1.61 bits per heavy atom. The average Bonchev–Trinajstić information content (AvgIpc) is 3.06. The molecule has 0 atom stereocenters. The molecule has 0 unspecified atom stereocenters. The summed E-state index contributed by atoms with van der Waals surface area (Å²) >= 11 is 0. The van der Waals surface area contributed by atoms with Gasteiger partial charge in [-0.2, -0.15) is 0 Å². The number of aryl methyl sites for hydroxylation is 2. The molecular formula is C20H23NO2. The summed E-state index contributed by atoms with van der Waals surface area (Å²) in [5.74, 6) is 0.922. The molecule has 120 valence electrons. The number of likely N-dealkylation sites (tertiary alicyclic amines) is 1. The van der Waals surface area contributed by atoms with E-state index in [2.05, 4.69) is 32.0 Å². The quantitative estimate of drug-likeness (QED) is 0.850. The van der Waals surface area contributed by atoms with Gasteiger partial charge in [0.05, 0.1) is 0 Å². The summed E-state index contributed by atoms with van der Waals surface area (Å²) in [6, 6.07) is 13.9. The van der Waals surface area contributed by atoms with Crippen molar-refractivity contribution in [2.45, 2.75) is 33.3 Å². The molecule has 3 rings (SSSR count). The molecule has 0 aliphatic carbocycles. The first-order valence-electron chi connectivity index (χ1n) is 8.21. The van der Waals surface area contributed by atoms with Crippen LogP contribution in [0.25, 0.3) is 0 Å². The smallest absolute Gasteiger partial charge is 0.253 e. The van der Waals surface area contributed by atoms with Crippen LogP contribution in [0.1, 0.15) is 39.9 Å². The highest BCUT2D eigenvalue weighted by molar-refractivity contribution is 5.94. The number of carbonyl (C=O) groups is 1. The number of amides is 1. The monoisotopic (exact) mass is 309 g/mol. The van der Waals surface area contributed by atoms with Crippen LogP contribution in [0.15, 0.2) is 42.5 Å². The molecule has 1 fully saturated rings. The van der Waals surface area contributed by atoms with E-state index in [0.717, 1.165) is 37.2 Å². The van der Waals surface area contributed by atoms with Gasteiger partial charge in [0.25, 0.3) is 5.91 Å². The summed E-state index contributed by atoms with van der Waals surface area (Å²) in [7, 11) is 0. The molecule has 2 aromatic carbocycles. The van der Waals surface area contributed by atoms with Gasteiger partial charge in [0, 0.05) is 18.7 Å². The molecule has 0 spiro atoms. The number of nitrogens with zero attached hydrogens (tertiary/aromatic N) is 1. The van der Waals surface area contributed by atoms with Crippen LogP contribution >= 0.6 is 0 Å². The van der Waals surface area contributed by atoms with Crippen molar-refractivity contribution in [2.24, 2.45) is 0 Å². The molecule has 1 amide bonds. The normalized spacial score (nSPS) is 14.1. The highest BCUT2D eigenvalue weighted by Gasteiger charge is 2.19. The third-order valence-corrected chi connectivity index (χ3v) is 4.18. The zero-order valence-electron chi connectivity index (χ0n) is 13.8. The van der Waals surface area contributed by atoms with Crippen molar-refractivity contribution in [3.8, 4) is 5.75 Å². The van der Waals surface area contributed by atoms with E-state index in [1.807, 2.05) is 29.2 Å². The van der Waals surface area contributed by atoms with Crippen LogP contribution in [0, 0.1) is 13.8 Å². The van der Waals surface area contributed by atoms with E-state index in [4.69, 9.17) is 4.74 Å². The lowest BCUT2D eigenvalue weighted by molar-refractivity contribution is 0.0793. The molecular weight excluding hydrogens is 286 g/mol. The Morgan fingerprint density at radius 1 is 1.00 bits per heavy atom. The maximum absolute atomic E-state index is 12.3. The predicted molar refractivity (Wildman–Crippen MR) is 91.8 cm³/mol. The molecule has 3 heteroatoms. The Kier molecular flexibility index (Phi) is 4.65. The highest BCUT2D eigenvalue weighted by Crippen LogP contribution is 2.18. The van der Waals surface area contributed by atoms with Gasteiger partial charge < -0.3 is 9.64 Å². The van der Waals surface area contributed by atoms with Crippen molar-refractivity contribution in [1.82, 2.24) is 4.90 Å². The lowest BCUT2D eigenvalue weighted by Gasteiger charge is -2.15. The summed E-state index contributed by atoms with van der Waals surface area (Å²) in [6.07, 6.45) is 2.23. The van der Waals surface area contributed by atoms with Crippen molar-refractivity contribution in [3.63, 3.8) is 0 Å². The minimum Gasteiger partial charge on any atom is -0.489 e. The largest absolute Gasteiger partial charge is 0.489 e. The van der Waals surface area contributed by atoms with Gasteiger partial charge in [0.15, 0.2) is 0 Å². The van der Waals surface area contributed by atoms with Crippen LogP contribution in [0.2, 0.25) is 0 Å². The summed E-state index contributed by atoms with van der Waals surface area (Å²) in [4.78, 5) is 14.2. The minimum absolute atomic E-state index is 0.128. The lowest BCUT2D eigenvalue weighted by atomic mass is 10.1.